The summed E-state index contributed by atoms with van der Waals surface area (Å²) in [5.41, 5.74) is 5.24. The van der Waals surface area contributed by atoms with Gasteiger partial charge in [-0.15, -0.1) is 0 Å². The van der Waals surface area contributed by atoms with E-state index in [1.807, 2.05) is 0 Å². The van der Waals surface area contributed by atoms with Crippen molar-refractivity contribution in [2.24, 2.45) is 5.73 Å². The summed E-state index contributed by atoms with van der Waals surface area (Å²) in [5, 5.41) is 10.2. The fourth-order valence-electron chi connectivity index (χ4n) is 2.90. The van der Waals surface area contributed by atoms with E-state index in [-0.39, 0.29) is 6.54 Å². The van der Waals surface area contributed by atoms with Crippen LogP contribution in [0.15, 0.2) is 24.3 Å². The largest absolute Gasteiger partial charge is 0.416 e. The first-order valence-electron chi connectivity index (χ1n) is 6.46. The highest BCUT2D eigenvalue weighted by Crippen LogP contribution is 2.40. The predicted octanol–water partition coefficient (Wildman–Crippen LogP) is 2.84. The molecule has 1 fully saturated rings. The Labute approximate surface area is 110 Å². The van der Waals surface area contributed by atoms with Crippen LogP contribution in [0.25, 0.3) is 0 Å². The van der Waals surface area contributed by atoms with Crippen LogP contribution in [0.3, 0.4) is 0 Å². The van der Waals surface area contributed by atoms with Gasteiger partial charge in [-0.2, -0.15) is 13.2 Å². The minimum atomic E-state index is -4.33. The molecular weight excluding hydrogens is 255 g/mol. The van der Waals surface area contributed by atoms with E-state index in [9.17, 15) is 18.3 Å². The Balaban J connectivity index is 2.34. The molecule has 0 saturated heterocycles. The van der Waals surface area contributed by atoms with Crippen molar-refractivity contribution in [3.8, 4) is 0 Å². The van der Waals surface area contributed by atoms with Crippen LogP contribution in [0.2, 0.25) is 0 Å². The Kier molecular flexibility index (Phi) is 3.87. The Morgan fingerprint density at radius 1 is 1.21 bits per heavy atom. The molecule has 1 aliphatic carbocycles. The van der Waals surface area contributed by atoms with Gasteiger partial charge in [0.15, 0.2) is 0 Å². The quantitative estimate of drug-likeness (QED) is 0.870. The molecule has 2 rings (SSSR count). The number of alkyl halides is 3. The van der Waals surface area contributed by atoms with E-state index in [1.165, 1.54) is 12.1 Å². The summed E-state index contributed by atoms with van der Waals surface area (Å²) in [5.74, 6) is 0. The fraction of sp³-hybridized carbons (Fsp3) is 0.571. The molecule has 1 aromatic carbocycles. The molecule has 106 valence electrons. The summed E-state index contributed by atoms with van der Waals surface area (Å²) in [7, 11) is 0. The molecule has 19 heavy (non-hydrogen) atoms. The van der Waals surface area contributed by atoms with E-state index in [4.69, 9.17) is 5.73 Å². The maximum absolute atomic E-state index is 12.5. The predicted molar refractivity (Wildman–Crippen MR) is 66.7 cm³/mol. The van der Waals surface area contributed by atoms with Crippen molar-refractivity contribution in [3.63, 3.8) is 0 Å². The van der Waals surface area contributed by atoms with Gasteiger partial charge in [-0.1, -0.05) is 25.0 Å². The molecule has 0 spiro atoms. The van der Waals surface area contributed by atoms with E-state index in [2.05, 4.69) is 0 Å². The van der Waals surface area contributed by atoms with Gasteiger partial charge in [-0.3, -0.25) is 0 Å². The number of rotatable bonds is 2. The summed E-state index contributed by atoms with van der Waals surface area (Å²) < 4.78 is 37.6. The molecule has 2 atom stereocenters. The summed E-state index contributed by atoms with van der Waals surface area (Å²) >= 11 is 0. The number of nitrogens with two attached hydrogens (primary N) is 1. The summed E-state index contributed by atoms with van der Waals surface area (Å²) in [6.45, 7) is 0.250. The van der Waals surface area contributed by atoms with E-state index in [0.29, 0.717) is 12.0 Å². The van der Waals surface area contributed by atoms with Crippen LogP contribution in [-0.4, -0.2) is 17.8 Å². The maximum Gasteiger partial charge on any atom is 0.416 e. The third-order valence-electron chi connectivity index (χ3n) is 4.14. The highest BCUT2D eigenvalue weighted by Gasteiger charge is 2.40. The zero-order chi connectivity index (χ0) is 14.1. The van der Waals surface area contributed by atoms with E-state index in [1.54, 1.807) is 0 Å². The third-order valence-corrected chi connectivity index (χ3v) is 4.14. The molecule has 0 radical (unpaired) electrons. The smallest absolute Gasteiger partial charge is 0.392 e. The topological polar surface area (TPSA) is 46.2 Å². The van der Waals surface area contributed by atoms with Crippen LogP contribution in [0, 0.1) is 0 Å². The maximum atomic E-state index is 12.5. The lowest BCUT2D eigenvalue weighted by molar-refractivity contribution is -0.137. The van der Waals surface area contributed by atoms with Gasteiger partial charge in [0.2, 0.25) is 0 Å². The van der Waals surface area contributed by atoms with E-state index >= 15 is 0 Å². The summed E-state index contributed by atoms with van der Waals surface area (Å²) in [6, 6.07) is 5.02. The van der Waals surface area contributed by atoms with Gasteiger partial charge < -0.3 is 10.8 Å². The molecule has 0 amide bonds. The molecule has 0 bridgehead atoms. The van der Waals surface area contributed by atoms with Crippen molar-refractivity contribution in [1.82, 2.24) is 0 Å². The van der Waals surface area contributed by atoms with Gasteiger partial charge in [-0.25, -0.2) is 0 Å². The molecule has 0 unspecified atom stereocenters. The number of halogens is 3. The Hall–Kier alpha value is -1.07. The molecule has 2 nitrogen and oxygen atoms in total. The van der Waals surface area contributed by atoms with Gasteiger partial charge in [0.25, 0.3) is 0 Å². The SMILES string of the molecule is NC[C@]1(c2ccc(C(F)(F)F)cc2)CCCC[C@@H]1O. The molecule has 0 aliphatic heterocycles. The molecule has 0 aromatic heterocycles. The highest BCUT2D eigenvalue weighted by atomic mass is 19.4. The first-order valence-corrected chi connectivity index (χ1v) is 6.46. The average molecular weight is 273 g/mol. The van der Waals surface area contributed by atoms with E-state index < -0.39 is 23.3 Å². The number of benzene rings is 1. The van der Waals surface area contributed by atoms with Gasteiger partial charge in [0.1, 0.15) is 0 Å². The monoisotopic (exact) mass is 273 g/mol. The zero-order valence-corrected chi connectivity index (χ0v) is 10.6. The van der Waals surface area contributed by atoms with Crippen molar-refractivity contribution in [3.05, 3.63) is 35.4 Å². The van der Waals surface area contributed by atoms with Crippen LogP contribution in [0.5, 0.6) is 0 Å². The second-order valence-electron chi connectivity index (χ2n) is 5.20. The summed E-state index contributed by atoms with van der Waals surface area (Å²) in [6.07, 6.45) is -1.67. The van der Waals surface area contributed by atoms with Crippen LogP contribution in [0.4, 0.5) is 13.2 Å². The van der Waals surface area contributed by atoms with Crippen LogP contribution in [-0.2, 0) is 11.6 Å². The number of hydrogen-bond acceptors (Lipinski definition) is 2. The van der Waals surface area contributed by atoms with Crippen LogP contribution < -0.4 is 5.73 Å². The second-order valence-corrected chi connectivity index (χ2v) is 5.20. The molecular formula is C14H18F3NO. The zero-order valence-electron chi connectivity index (χ0n) is 10.6. The van der Waals surface area contributed by atoms with Crippen LogP contribution in [0.1, 0.15) is 36.8 Å². The van der Waals surface area contributed by atoms with Gasteiger partial charge in [-0.05, 0) is 30.5 Å². The first-order chi connectivity index (χ1) is 8.90. The first kappa shape index (κ1) is 14.3. The van der Waals surface area contributed by atoms with Gasteiger partial charge in [0.05, 0.1) is 11.7 Å². The standard InChI is InChI=1S/C14H18F3NO/c15-14(16,17)11-6-4-10(5-7-11)13(9-18)8-2-1-3-12(13)19/h4-7,12,19H,1-3,8-9,18H2/t12-,13-/m0/s1. The lowest BCUT2D eigenvalue weighted by Crippen LogP contribution is -2.48. The fourth-order valence-corrected chi connectivity index (χ4v) is 2.90. The Bertz CT molecular complexity index is 429. The number of aliphatic hydroxyl groups is 1. The lowest BCUT2D eigenvalue weighted by Gasteiger charge is -2.41. The lowest BCUT2D eigenvalue weighted by atomic mass is 9.67. The second kappa shape index (κ2) is 5.13. The van der Waals surface area contributed by atoms with Crippen LogP contribution >= 0.6 is 0 Å². The normalized spacial score (nSPS) is 28.4. The molecule has 5 heteroatoms. The number of hydrogen-bond donors (Lipinski definition) is 2. The Morgan fingerprint density at radius 2 is 1.84 bits per heavy atom. The van der Waals surface area contributed by atoms with Crippen molar-refractivity contribution in [1.29, 1.82) is 0 Å². The number of aliphatic hydroxyl groups excluding tert-OH is 1. The molecule has 1 saturated carbocycles. The molecule has 1 aliphatic rings. The van der Waals surface area contributed by atoms with Gasteiger partial charge >= 0.3 is 6.18 Å². The van der Waals surface area contributed by atoms with Crippen molar-refractivity contribution >= 4 is 0 Å². The third kappa shape index (κ3) is 2.62. The minimum Gasteiger partial charge on any atom is -0.392 e. The van der Waals surface area contributed by atoms with Crippen molar-refractivity contribution < 1.29 is 18.3 Å². The van der Waals surface area contributed by atoms with Gasteiger partial charge in [0, 0.05) is 12.0 Å². The molecule has 1 aromatic rings. The minimum absolute atomic E-state index is 0.250. The van der Waals surface area contributed by atoms with Crippen molar-refractivity contribution in [2.45, 2.75) is 43.4 Å². The van der Waals surface area contributed by atoms with Crippen molar-refractivity contribution in [2.75, 3.05) is 6.54 Å². The van der Waals surface area contributed by atoms with E-state index in [0.717, 1.165) is 31.4 Å². The molecule has 3 N–H and O–H groups in total. The summed E-state index contributed by atoms with van der Waals surface area (Å²) in [4.78, 5) is 0. The molecule has 0 heterocycles. The Morgan fingerprint density at radius 3 is 2.32 bits per heavy atom. The average Bonchev–Trinajstić information content (AvgIpc) is 2.39. The highest BCUT2D eigenvalue weighted by molar-refractivity contribution is 5.32.